The third-order valence-corrected chi connectivity index (χ3v) is 3.04. The van der Waals surface area contributed by atoms with E-state index in [1.807, 2.05) is 6.92 Å². The number of hydrogen-bond donors (Lipinski definition) is 2. The van der Waals surface area contributed by atoms with Gasteiger partial charge in [-0.1, -0.05) is 6.92 Å². The molecular formula is C9H20N2O3S. The molecule has 15 heavy (non-hydrogen) atoms. The fourth-order valence-corrected chi connectivity index (χ4v) is 2.20. The van der Waals surface area contributed by atoms with Gasteiger partial charge in [-0.15, -0.1) is 0 Å². The van der Waals surface area contributed by atoms with E-state index < -0.39 is 9.84 Å². The summed E-state index contributed by atoms with van der Waals surface area (Å²) in [7, 11) is -3.05. The molecule has 0 radical (unpaired) electrons. The summed E-state index contributed by atoms with van der Waals surface area (Å²) >= 11 is 0. The van der Waals surface area contributed by atoms with E-state index in [9.17, 15) is 13.2 Å². The first-order valence-corrected chi connectivity index (χ1v) is 7.03. The van der Waals surface area contributed by atoms with Gasteiger partial charge >= 0.3 is 0 Å². The lowest BCUT2D eigenvalue weighted by Gasteiger charge is -2.14. The molecule has 6 heteroatoms. The number of sulfone groups is 1. The Hall–Kier alpha value is -0.620. The molecule has 1 amide bonds. The number of hydrogen-bond acceptors (Lipinski definition) is 4. The molecule has 0 aliphatic rings. The van der Waals surface area contributed by atoms with E-state index >= 15 is 0 Å². The molecule has 90 valence electrons. The molecule has 0 saturated carbocycles. The van der Waals surface area contributed by atoms with Gasteiger partial charge in [-0.05, 0) is 13.3 Å². The van der Waals surface area contributed by atoms with Crippen molar-refractivity contribution < 1.29 is 13.2 Å². The van der Waals surface area contributed by atoms with Gasteiger partial charge in [0.05, 0.1) is 5.75 Å². The highest BCUT2D eigenvalue weighted by Gasteiger charge is 2.14. The van der Waals surface area contributed by atoms with Crippen LogP contribution in [0.5, 0.6) is 0 Å². The van der Waals surface area contributed by atoms with Crippen LogP contribution in [0.15, 0.2) is 0 Å². The number of amides is 1. The number of nitrogens with one attached hydrogen (secondary N) is 1. The molecule has 3 N–H and O–H groups in total. The number of carbonyl (C=O) groups excluding carboxylic acids is 1. The molecule has 0 saturated heterocycles. The molecule has 2 unspecified atom stereocenters. The summed E-state index contributed by atoms with van der Waals surface area (Å²) in [5.41, 5.74) is 5.60. The van der Waals surface area contributed by atoms with Crippen LogP contribution in [0.1, 0.15) is 26.7 Å². The van der Waals surface area contributed by atoms with E-state index in [4.69, 9.17) is 5.73 Å². The van der Waals surface area contributed by atoms with Crippen LogP contribution in [-0.2, 0) is 14.6 Å². The highest BCUT2D eigenvalue weighted by Crippen LogP contribution is 1.95. The highest BCUT2D eigenvalue weighted by atomic mass is 32.2. The van der Waals surface area contributed by atoms with Crippen LogP contribution in [0.3, 0.4) is 0 Å². The molecule has 5 nitrogen and oxygen atoms in total. The fraction of sp³-hybridized carbons (Fsp3) is 0.889. The number of nitrogens with two attached hydrogens (primary N) is 1. The van der Waals surface area contributed by atoms with Crippen LogP contribution in [0.25, 0.3) is 0 Å². The van der Waals surface area contributed by atoms with Gasteiger partial charge in [0.15, 0.2) is 0 Å². The van der Waals surface area contributed by atoms with E-state index in [2.05, 4.69) is 5.32 Å². The van der Waals surface area contributed by atoms with Crippen LogP contribution in [0, 0.1) is 0 Å². The molecular weight excluding hydrogens is 216 g/mol. The van der Waals surface area contributed by atoms with E-state index in [1.54, 1.807) is 6.92 Å². The third-order valence-electron chi connectivity index (χ3n) is 1.93. The SMILES string of the molecule is CCC(N)CC(=O)NC(C)CS(C)(=O)=O. The highest BCUT2D eigenvalue weighted by molar-refractivity contribution is 7.90. The molecule has 0 heterocycles. The summed E-state index contributed by atoms with van der Waals surface area (Å²) in [6.07, 6.45) is 2.12. The average Bonchev–Trinajstić information content (AvgIpc) is 1.99. The minimum atomic E-state index is -3.05. The second kappa shape index (κ2) is 6.07. The van der Waals surface area contributed by atoms with E-state index in [0.29, 0.717) is 0 Å². The largest absolute Gasteiger partial charge is 0.353 e. The smallest absolute Gasteiger partial charge is 0.221 e. The molecule has 0 bridgehead atoms. The molecule has 0 aromatic rings. The Morgan fingerprint density at radius 3 is 2.40 bits per heavy atom. The van der Waals surface area contributed by atoms with Crippen LogP contribution in [-0.4, -0.2) is 38.4 Å². The maximum atomic E-state index is 11.3. The van der Waals surface area contributed by atoms with Gasteiger partial charge in [-0.25, -0.2) is 8.42 Å². The van der Waals surface area contributed by atoms with Crippen LogP contribution < -0.4 is 11.1 Å². The molecule has 0 aromatic carbocycles. The predicted octanol–water partition coefficient (Wildman–Crippen LogP) is -0.337. The van der Waals surface area contributed by atoms with Crippen molar-refractivity contribution >= 4 is 15.7 Å². The Bertz CT molecular complexity index is 300. The van der Waals surface area contributed by atoms with E-state index in [-0.39, 0.29) is 30.2 Å². The Morgan fingerprint density at radius 1 is 1.47 bits per heavy atom. The molecule has 0 spiro atoms. The van der Waals surface area contributed by atoms with Gasteiger partial charge in [0, 0.05) is 24.8 Å². The standard InChI is InChI=1S/C9H20N2O3S/c1-4-8(10)5-9(12)11-7(2)6-15(3,13)14/h7-8H,4-6,10H2,1-3H3,(H,11,12). The average molecular weight is 236 g/mol. The van der Waals surface area contributed by atoms with Crippen molar-refractivity contribution in [3.63, 3.8) is 0 Å². The maximum Gasteiger partial charge on any atom is 0.221 e. The van der Waals surface area contributed by atoms with Gasteiger partial charge < -0.3 is 11.1 Å². The van der Waals surface area contributed by atoms with Gasteiger partial charge in [-0.3, -0.25) is 4.79 Å². The minimum absolute atomic E-state index is 0.0416. The molecule has 0 aromatic heterocycles. The van der Waals surface area contributed by atoms with Crippen molar-refractivity contribution in [3.05, 3.63) is 0 Å². The Balaban J connectivity index is 3.97. The zero-order valence-electron chi connectivity index (χ0n) is 9.49. The summed E-state index contributed by atoms with van der Waals surface area (Å²) in [6.45, 7) is 3.56. The first kappa shape index (κ1) is 14.4. The third kappa shape index (κ3) is 8.38. The molecule has 0 aliphatic heterocycles. The van der Waals surface area contributed by atoms with Gasteiger partial charge in [0.25, 0.3) is 0 Å². The van der Waals surface area contributed by atoms with E-state index in [1.165, 1.54) is 0 Å². The van der Waals surface area contributed by atoms with E-state index in [0.717, 1.165) is 12.7 Å². The summed E-state index contributed by atoms with van der Waals surface area (Å²) in [6, 6.07) is -0.521. The maximum absolute atomic E-state index is 11.3. The molecule has 0 rings (SSSR count). The van der Waals surface area contributed by atoms with Crippen molar-refractivity contribution in [1.82, 2.24) is 5.32 Å². The Labute approximate surface area is 91.3 Å². The number of carbonyl (C=O) groups is 1. The lowest BCUT2D eigenvalue weighted by atomic mass is 10.1. The second-order valence-electron chi connectivity index (χ2n) is 3.93. The first-order chi connectivity index (χ1) is 6.74. The van der Waals surface area contributed by atoms with Crippen LogP contribution in [0.2, 0.25) is 0 Å². The summed E-state index contributed by atoms with van der Waals surface area (Å²) in [4.78, 5) is 11.3. The normalized spacial score (nSPS) is 15.7. The quantitative estimate of drug-likeness (QED) is 0.660. The van der Waals surface area contributed by atoms with Gasteiger partial charge in [-0.2, -0.15) is 0 Å². The van der Waals surface area contributed by atoms with Crippen LogP contribution >= 0.6 is 0 Å². The van der Waals surface area contributed by atoms with Gasteiger partial charge in [0.2, 0.25) is 5.91 Å². The summed E-state index contributed by atoms with van der Waals surface area (Å²) in [5, 5.41) is 2.60. The van der Waals surface area contributed by atoms with Crippen molar-refractivity contribution in [3.8, 4) is 0 Å². The summed E-state index contributed by atoms with van der Waals surface area (Å²) < 4.78 is 21.9. The lowest BCUT2D eigenvalue weighted by Crippen LogP contribution is -2.39. The molecule has 0 aliphatic carbocycles. The van der Waals surface area contributed by atoms with Crippen LogP contribution in [0.4, 0.5) is 0 Å². The second-order valence-corrected chi connectivity index (χ2v) is 6.12. The zero-order valence-corrected chi connectivity index (χ0v) is 10.3. The minimum Gasteiger partial charge on any atom is -0.353 e. The Kier molecular flexibility index (Phi) is 5.82. The van der Waals surface area contributed by atoms with Crippen molar-refractivity contribution in [2.75, 3.05) is 12.0 Å². The van der Waals surface area contributed by atoms with Crippen molar-refractivity contribution in [2.45, 2.75) is 38.8 Å². The summed E-state index contributed by atoms with van der Waals surface area (Å²) in [5.74, 6) is -0.236. The van der Waals surface area contributed by atoms with Crippen molar-refractivity contribution in [1.29, 1.82) is 0 Å². The predicted molar refractivity (Wildman–Crippen MR) is 60.2 cm³/mol. The monoisotopic (exact) mass is 236 g/mol. The first-order valence-electron chi connectivity index (χ1n) is 4.97. The Morgan fingerprint density at radius 2 is 2.00 bits per heavy atom. The fourth-order valence-electron chi connectivity index (χ4n) is 1.21. The van der Waals surface area contributed by atoms with Crippen molar-refractivity contribution in [2.24, 2.45) is 5.73 Å². The molecule has 0 fully saturated rings. The zero-order chi connectivity index (χ0) is 12.1. The molecule has 2 atom stereocenters. The lowest BCUT2D eigenvalue weighted by molar-refractivity contribution is -0.121. The van der Waals surface area contributed by atoms with Gasteiger partial charge in [0.1, 0.15) is 9.84 Å². The number of rotatable bonds is 6. The topological polar surface area (TPSA) is 89.3 Å².